The zero-order valence-electron chi connectivity index (χ0n) is 49.9. The summed E-state index contributed by atoms with van der Waals surface area (Å²) in [5.41, 5.74) is 8.52. The predicted octanol–water partition coefficient (Wildman–Crippen LogP) is 6.26. The number of amides is 2. The minimum absolute atomic E-state index is 0.00510. The third kappa shape index (κ3) is 20.7. The van der Waals surface area contributed by atoms with Crippen molar-refractivity contribution in [2.75, 3.05) is 109 Å². The third-order valence-electron chi connectivity index (χ3n) is 16.3. The van der Waals surface area contributed by atoms with Crippen LogP contribution in [0.1, 0.15) is 116 Å². The van der Waals surface area contributed by atoms with Crippen molar-refractivity contribution in [2.45, 2.75) is 122 Å². The molecule has 1 unspecified atom stereocenters. The number of allylic oxidation sites excluding steroid dienone is 8. The van der Waals surface area contributed by atoms with Gasteiger partial charge < -0.3 is 39.4 Å². The van der Waals surface area contributed by atoms with Crippen molar-refractivity contribution in [1.82, 2.24) is 30.2 Å². The topological polar surface area (TPSA) is 251 Å². The molecule has 4 aliphatic rings. The number of carboxylic acid groups (broad SMARTS) is 1. The number of hydrogen-bond donors (Lipinski definition) is 3. The van der Waals surface area contributed by atoms with E-state index in [-0.39, 0.29) is 55.5 Å². The van der Waals surface area contributed by atoms with Crippen molar-refractivity contribution < 1.29 is 65.6 Å². The van der Waals surface area contributed by atoms with Crippen molar-refractivity contribution in [3.8, 4) is 0 Å². The average molecular weight is 1220 g/mol. The first kappa shape index (κ1) is 67.9. The molecule has 1 fully saturated rings. The summed E-state index contributed by atoms with van der Waals surface area (Å²) < 4.78 is 51.7. The number of ether oxygens (including phenoxy) is 3. The molecule has 3 aliphatic heterocycles. The van der Waals surface area contributed by atoms with Gasteiger partial charge in [0.2, 0.25) is 17.5 Å². The Morgan fingerprint density at radius 2 is 1.36 bits per heavy atom. The normalized spacial score (nSPS) is 19.5. The molecular formula is C62H87ClN8O13S. The first-order valence-corrected chi connectivity index (χ1v) is 31.6. The van der Waals surface area contributed by atoms with Gasteiger partial charge in [-0.3, -0.25) is 48.4 Å². The van der Waals surface area contributed by atoms with Crippen LogP contribution in [0.15, 0.2) is 94.7 Å². The lowest BCUT2D eigenvalue weighted by Crippen LogP contribution is -2.50. The van der Waals surface area contributed by atoms with E-state index in [0.29, 0.717) is 123 Å². The molecule has 21 nitrogen and oxygen atoms in total. The Morgan fingerprint density at radius 1 is 0.729 bits per heavy atom. The van der Waals surface area contributed by atoms with Crippen LogP contribution < -0.4 is 15.5 Å². The van der Waals surface area contributed by atoms with E-state index in [1.165, 1.54) is 22.5 Å². The molecule has 0 saturated carbocycles. The summed E-state index contributed by atoms with van der Waals surface area (Å²) in [6, 6.07) is 16.8. The Hall–Kier alpha value is -6.27. The minimum Gasteiger partial charge on any atom is -0.748 e. The van der Waals surface area contributed by atoms with E-state index in [9.17, 15) is 46.8 Å². The molecule has 0 radical (unpaired) electrons. The highest BCUT2D eigenvalue weighted by Crippen LogP contribution is 2.48. The maximum atomic E-state index is 13.4. The average Bonchev–Trinajstić information content (AvgIpc) is 1.95. The van der Waals surface area contributed by atoms with E-state index in [1.54, 1.807) is 4.90 Å². The van der Waals surface area contributed by atoms with Crippen LogP contribution >= 0.6 is 11.6 Å². The fourth-order valence-electron chi connectivity index (χ4n) is 11.7. The molecule has 0 aromatic heterocycles. The first-order valence-electron chi connectivity index (χ1n) is 29.7. The van der Waals surface area contributed by atoms with Gasteiger partial charge in [0, 0.05) is 130 Å². The highest BCUT2D eigenvalue weighted by molar-refractivity contribution is 7.85. The van der Waals surface area contributed by atoms with E-state index in [1.807, 2.05) is 26.8 Å². The summed E-state index contributed by atoms with van der Waals surface area (Å²) in [6.07, 6.45) is 15.6. The van der Waals surface area contributed by atoms with E-state index < -0.39 is 28.2 Å². The minimum atomic E-state index is -4.28. The summed E-state index contributed by atoms with van der Waals surface area (Å²) in [7, 11) is -4.28. The zero-order valence-corrected chi connectivity index (χ0v) is 51.4. The molecule has 23 heteroatoms. The van der Waals surface area contributed by atoms with Crippen LogP contribution in [0, 0.1) is 0 Å². The van der Waals surface area contributed by atoms with Gasteiger partial charge in [0.05, 0.1) is 28.6 Å². The van der Waals surface area contributed by atoms with Crippen LogP contribution in [0.4, 0.5) is 11.4 Å². The molecule has 85 heavy (non-hydrogen) atoms. The van der Waals surface area contributed by atoms with Crippen LogP contribution in [0.3, 0.4) is 0 Å². The molecule has 0 bridgehead atoms. The Balaban J connectivity index is 0.985. The molecule has 1 saturated heterocycles. The number of anilines is 1. The number of fused-ring (bicyclic) bond motifs is 2. The van der Waals surface area contributed by atoms with Crippen LogP contribution in [-0.4, -0.2) is 196 Å². The van der Waals surface area contributed by atoms with Gasteiger partial charge >= 0.3 is 5.97 Å². The molecule has 6 rings (SSSR count). The van der Waals surface area contributed by atoms with Crippen molar-refractivity contribution in [3.05, 3.63) is 106 Å². The molecular weight excluding hydrogens is 1130 g/mol. The Morgan fingerprint density at radius 3 is 2.01 bits per heavy atom. The number of hydrogen-bond acceptors (Lipinski definition) is 17. The number of rotatable bonds is 32. The second-order valence-electron chi connectivity index (χ2n) is 23.1. The molecule has 1 aliphatic carbocycles. The summed E-state index contributed by atoms with van der Waals surface area (Å²) >= 11 is 7.29. The monoisotopic (exact) mass is 1220 g/mol. The Labute approximate surface area is 506 Å². The fraction of sp³-hybridized carbons (Fsp3) is 0.565. The Kier molecular flexibility index (Phi) is 26.8. The largest absolute Gasteiger partial charge is 0.748 e. The number of carbonyl (C=O) groups is 6. The van der Waals surface area contributed by atoms with Gasteiger partial charge in [-0.1, -0.05) is 74.0 Å². The van der Waals surface area contributed by atoms with E-state index in [4.69, 9.17) is 25.8 Å². The number of halogens is 1. The maximum absolute atomic E-state index is 13.4. The summed E-state index contributed by atoms with van der Waals surface area (Å²) in [5, 5.41) is 16.1. The van der Waals surface area contributed by atoms with Gasteiger partial charge in [-0.25, -0.2) is 8.42 Å². The second kappa shape index (κ2) is 33.6. The van der Waals surface area contributed by atoms with E-state index in [0.717, 1.165) is 66.2 Å². The van der Waals surface area contributed by atoms with Crippen LogP contribution in [0.2, 0.25) is 0 Å². The van der Waals surface area contributed by atoms with Crippen LogP contribution in [0.5, 0.6) is 0 Å². The lowest BCUT2D eigenvalue weighted by Gasteiger charge is -2.33. The van der Waals surface area contributed by atoms with Crippen LogP contribution in [-0.2, 0) is 63.9 Å². The van der Waals surface area contributed by atoms with Gasteiger partial charge in [-0.15, -0.1) is 0 Å². The van der Waals surface area contributed by atoms with Crippen molar-refractivity contribution in [1.29, 1.82) is 0 Å². The zero-order chi connectivity index (χ0) is 61.4. The van der Waals surface area contributed by atoms with E-state index in [2.05, 4.69) is 109 Å². The second-order valence-corrected chi connectivity index (χ2v) is 25.0. The lowest BCUT2D eigenvalue weighted by molar-refractivity contribution is -0.438. The Bertz CT molecular complexity index is 2890. The molecule has 466 valence electrons. The number of nitrogens with one attached hydrogen (secondary N) is 2. The summed E-state index contributed by atoms with van der Waals surface area (Å²) in [6.45, 7) is 14.4. The molecule has 2 aromatic carbocycles. The molecule has 0 spiro atoms. The molecule has 2 aromatic rings. The fourth-order valence-corrected chi connectivity index (χ4v) is 12.5. The summed E-state index contributed by atoms with van der Waals surface area (Å²) in [4.78, 5) is 81.1. The molecule has 3 N–H and O–H groups in total. The molecule has 2 amide bonds. The van der Waals surface area contributed by atoms with Crippen molar-refractivity contribution in [3.63, 3.8) is 0 Å². The first-order chi connectivity index (χ1) is 40.7. The molecule has 1 atom stereocenters. The third-order valence-corrected chi connectivity index (χ3v) is 17.6. The summed E-state index contributed by atoms with van der Waals surface area (Å²) in [5.74, 6) is -1.83. The van der Waals surface area contributed by atoms with Gasteiger partial charge in [-0.05, 0) is 100 Å². The van der Waals surface area contributed by atoms with Crippen molar-refractivity contribution in [2.24, 2.45) is 0 Å². The quantitative estimate of drug-likeness (QED) is 0.0183. The lowest BCUT2D eigenvalue weighted by atomic mass is 9.81. The smallest absolute Gasteiger partial charge is 0.317 e. The predicted molar refractivity (Wildman–Crippen MR) is 324 cm³/mol. The number of benzene rings is 2. The van der Waals surface area contributed by atoms with Gasteiger partial charge in [0.1, 0.15) is 20.0 Å². The van der Waals surface area contributed by atoms with Gasteiger partial charge in [0.25, 0.3) is 19.4 Å². The number of nitrogens with zero attached hydrogens (tertiary/aromatic N) is 6. The SMILES string of the molecule is CC1(C)C(/C=C/C2=C(Cl)C(=C/C=C3/N(CCCCS(=O)(=O)[O-])c4ccccc4C3(C)C)/CCC2)=[N+](CCCCCC(=O)NCCCCC(NC(=O)CN2CCN(COC=O)CCN(COC=O)CCN(CC(=O)O)CC2)OC=O)c2ccccc21. The number of para-hydroxylation sites is 2. The molecule has 3 heterocycles. The van der Waals surface area contributed by atoms with E-state index >= 15 is 0 Å². The number of carbonyl (C=O) groups excluding carboxylic acids is 5. The number of aliphatic carboxylic acids is 1. The highest BCUT2D eigenvalue weighted by atomic mass is 35.5. The standard InChI is InChI=1S/C62H87ClN8O13S/c1-61(2)50-19-7-9-21-52(50)70(54(61)27-25-48-17-16-18-49(60(48)63)26-28-55-62(3,4)51-20-8-10-22-53(51)71(55)31-14-15-40-85(79,80)81)30-13-5-6-23-56(75)64-29-12-11-24-58(84-47-74)65-57(76)41-66-32-33-67(42-59(77)78)35-37-69(44-83-46-73)39-38-68(36-34-66)43-82-45-72/h7-10,19-22,25-28,45-47,58H,5-6,11-18,23-24,29-44H2,1-4H3,(H3-,64,65,75,76,77,78,79,80,81). The van der Waals surface area contributed by atoms with Crippen LogP contribution in [0.25, 0.3) is 0 Å². The van der Waals surface area contributed by atoms with Gasteiger partial charge in [-0.2, -0.15) is 4.58 Å². The highest BCUT2D eigenvalue weighted by Gasteiger charge is 2.44. The number of carboxylic acids is 1. The maximum Gasteiger partial charge on any atom is 0.317 e. The number of unbranched alkanes of at least 4 members (excludes halogenated alkanes) is 4. The van der Waals surface area contributed by atoms with Gasteiger partial charge in [0.15, 0.2) is 11.9 Å². The van der Waals surface area contributed by atoms with Crippen molar-refractivity contribution >= 4 is 76.0 Å².